The van der Waals surface area contributed by atoms with E-state index >= 15 is 0 Å². The smallest absolute Gasteiger partial charge is 0.130 e. The summed E-state index contributed by atoms with van der Waals surface area (Å²) in [6, 6.07) is 4.41. The van der Waals surface area contributed by atoms with Crippen molar-refractivity contribution in [3.05, 3.63) is 18.3 Å². The molecule has 16 heavy (non-hydrogen) atoms. The second-order valence-corrected chi connectivity index (χ2v) is 4.65. The van der Waals surface area contributed by atoms with E-state index in [0.717, 1.165) is 24.6 Å². The number of pyridine rings is 1. The molecule has 4 heteroatoms. The van der Waals surface area contributed by atoms with Crippen LogP contribution in [0, 0.1) is 0 Å². The summed E-state index contributed by atoms with van der Waals surface area (Å²) in [5, 5.41) is 0. The van der Waals surface area contributed by atoms with Crippen molar-refractivity contribution in [3.8, 4) is 0 Å². The molecular weight excluding hydrogens is 200 g/mol. The van der Waals surface area contributed by atoms with E-state index in [1.54, 1.807) is 6.20 Å². The highest BCUT2D eigenvalue weighted by molar-refractivity contribution is 5.50. The van der Waals surface area contributed by atoms with Gasteiger partial charge in [0.1, 0.15) is 5.82 Å². The highest BCUT2D eigenvalue weighted by Gasteiger charge is 2.22. The van der Waals surface area contributed by atoms with Crippen molar-refractivity contribution in [1.29, 1.82) is 0 Å². The molecule has 88 valence electrons. The molecule has 0 bridgehead atoms. The lowest BCUT2D eigenvalue weighted by Gasteiger charge is -2.36. The molecule has 1 atom stereocenters. The second-order valence-electron chi connectivity index (χ2n) is 4.65. The van der Waals surface area contributed by atoms with E-state index in [1.165, 1.54) is 12.8 Å². The number of anilines is 2. The third-order valence-electron chi connectivity index (χ3n) is 3.22. The summed E-state index contributed by atoms with van der Waals surface area (Å²) < 4.78 is 0. The second kappa shape index (κ2) is 4.70. The van der Waals surface area contributed by atoms with Crippen LogP contribution in [0.1, 0.15) is 12.8 Å². The molecule has 0 amide bonds. The van der Waals surface area contributed by atoms with Gasteiger partial charge in [-0.15, -0.1) is 0 Å². The van der Waals surface area contributed by atoms with Crippen LogP contribution in [0.25, 0.3) is 0 Å². The molecule has 4 nitrogen and oxygen atoms in total. The number of piperidine rings is 1. The Hall–Kier alpha value is -1.29. The maximum atomic E-state index is 5.78. The zero-order valence-electron chi connectivity index (χ0n) is 10.1. The standard InChI is InChI=1S/C12H20N4/c1-15(2)11-4-3-7-16(9-11)12-8-10(13)5-6-14-12/h5-6,8,11H,3-4,7,9H2,1-2H3,(H2,13,14). The molecule has 0 aliphatic carbocycles. The van der Waals surface area contributed by atoms with Gasteiger partial charge in [-0.05, 0) is 33.0 Å². The minimum absolute atomic E-state index is 0.622. The van der Waals surface area contributed by atoms with Crippen LogP contribution < -0.4 is 10.6 Å². The van der Waals surface area contributed by atoms with E-state index in [9.17, 15) is 0 Å². The van der Waals surface area contributed by atoms with Crippen molar-refractivity contribution >= 4 is 11.5 Å². The van der Waals surface area contributed by atoms with E-state index in [0.29, 0.717) is 6.04 Å². The van der Waals surface area contributed by atoms with Crippen molar-refractivity contribution in [3.63, 3.8) is 0 Å². The Kier molecular flexibility index (Phi) is 3.29. The van der Waals surface area contributed by atoms with Gasteiger partial charge in [-0.25, -0.2) is 4.98 Å². The molecule has 2 rings (SSSR count). The van der Waals surface area contributed by atoms with E-state index < -0.39 is 0 Å². The van der Waals surface area contributed by atoms with E-state index in [1.807, 2.05) is 12.1 Å². The summed E-state index contributed by atoms with van der Waals surface area (Å²) in [5.74, 6) is 1.01. The molecule has 2 heterocycles. The van der Waals surface area contributed by atoms with E-state index in [2.05, 4.69) is 28.9 Å². The van der Waals surface area contributed by atoms with Gasteiger partial charge < -0.3 is 15.5 Å². The largest absolute Gasteiger partial charge is 0.399 e. The summed E-state index contributed by atoms with van der Waals surface area (Å²) in [7, 11) is 4.28. The van der Waals surface area contributed by atoms with Crippen LogP contribution in [-0.4, -0.2) is 43.1 Å². The number of nitrogens with zero attached hydrogens (tertiary/aromatic N) is 3. The number of hydrogen-bond acceptors (Lipinski definition) is 4. The molecule has 2 N–H and O–H groups in total. The predicted octanol–water partition coefficient (Wildman–Crippen LogP) is 1.19. The summed E-state index contributed by atoms with van der Waals surface area (Å²) in [6.45, 7) is 2.13. The number of rotatable bonds is 2. The van der Waals surface area contributed by atoms with Gasteiger partial charge in [0.05, 0.1) is 0 Å². The lowest BCUT2D eigenvalue weighted by atomic mass is 10.0. The van der Waals surface area contributed by atoms with Gasteiger partial charge in [-0.2, -0.15) is 0 Å². The van der Waals surface area contributed by atoms with Crippen LogP contribution in [0.2, 0.25) is 0 Å². The minimum Gasteiger partial charge on any atom is -0.399 e. The number of nitrogens with two attached hydrogens (primary N) is 1. The first kappa shape index (κ1) is 11.2. The average Bonchev–Trinajstić information content (AvgIpc) is 2.29. The van der Waals surface area contributed by atoms with Crippen molar-refractivity contribution < 1.29 is 0 Å². The molecule has 1 saturated heterocycles. The van der Waals surface area contributed by atoms with Crippen molar-refractivity contribution in [2.24, 2.45) is 0 Å². The van der Waals surface area contributed by atoms with Gasteiger partial charge in [0.25, 0.3) is 0 Å². The van der Waals surface area contributed by atoms with E-state index in [4.69, 9.17) is 5.73 Å². The number of nitrogen functional groups attached to an aromatic ring is 1. The first-order valence-corrected chi connectivity index (χ1v) is 5.80. The fourth-order valence-corrected chi connectivity index (χ4v) is 2.19. The zero-order valence-corrected chi connectivity index (χ0v) is 10.1. The molecule has 1 aliphatic rings. The Bertz CT molecular complexity index is 351. The highest BCUT2D eigenvalue weighted by atomic mass is 15.2. The Morgan fingerprint density at radius 1 is 1.50 bits per heavy atom. The quantitative estimate of drug-likeness (QED) is 0.813. The molecule has 0 aromatic carbocycles. The molecule has 1 aromatic rings. The average molecular weight is 220 g/mol. The van der Waals surface area contributed by atoms with Gasteiger partial charge in [-0.3, -0.25) is 0 Å². The van der Waals surface area contributed by atoms with E-state index in [-0.39, 0.29) is 0 Å². The Morgan fingerprint density at radius 2 is 2.31 bits per heavy atom. The normalized spacial score (nSPS) is 21.4. The summed E-state index contributed by atoms with van der Waals surface area (Å²) in [6.07, 6.45) is 4.27. The molecule has 1 aromatic heterocycles. The topological polar surface area (TPSA) is 45.4 Å². The number of aromatic nitrogens is 1. The first-order chi connectivity index (χ1) is 7.66. The van der Waals surface area contributed by atoms with Crippen molar-refractivity contribution in [2.45, 2.75) is 18.9 Å². The van der Waals surface area contributed by atoms with Gasteiger partial charge in [-0.1, -0.05) is 0 Å². The van der Waals surface area contributed by atoms with Crippen LogP contribution in [-0.2, 0) is 0 Å². The van der Waals surface area contributed by atoms with Crippen molar-refractivity contribution in [1.82, 2.24) is 9.88 Å². The fourth-order valence-electron chi connectivity index (χ4n) is 2.19. The Labute approximate surface area is 97.1 Å². The highest BCUT2D eigenvalue weighted by Crippen LogP contribution is 2.20. The first-order valence-electron chi connectivity index (χ1n) is 5.80. The van der Waals surface area contributed by atoms with Crippen LogP contribution >= 0.6 is 0 Å². The van der Waals surface area contributed by atoms with Gasteiger partial charge in [0.2, 0.25) is 0 Å². The number of likely N-dealkylation sites (N-methyl/N-ethyl adjacent to an activating group) is 1. The van der Waals surface area contributed by atoms with Crippen LogP contribution in [0.3, 0.4) is 0 Å². The zero-order chi connectivity index (χ0) is 11.5. The maximum Gasteiger partial charge on any atom is 0.130 e. The fraction of sp³-hybridized carbons (Fsp3) is 0.583. The molecular formula is C12H20N4. The molecule has 1 fully saturated rings. The maximum absolute atomic E-state index is 5.78. The van der Waals surface area contributed by atoms with Crippen molar-refractivity contribution in [2.75, 3.05) is 37.8 Å². The molecule has 1 aliphatic heterocycles. The summed E-state index contributed by atoms with van der Waals surface area (Å²) in [4.78, 5) is 9.00. The Balaban J connectivity index is 2.09. The third kappa shape index (κ3) is 2.44. The molecule has 1 unspecified atom stereocenters. The minimum atomic E-state index is 0.622. The summed E-state index contributed by atoms with van der Waals surface area (Å²) >= 11 is 0. The van der Waals surface area contributed by atoms with Crippen LogP contribution in [0.5, 0.6) is 0 Å². The lowest BCUT2D eigenvalue weighted by Crippen LogP contribution is -2.45. The van der Waals surface area contributed by atoms with Crippen LogP contribution in [0.4, 0.5) is 11.5 Å². The van der Waals surface area contributed by atoms with Gasteiger partial charge in [0, 0.05) is 37.1 Å². The monoisotopic (exact) mass is 220 g/mol. The van der Waals surface area contributed by atoms with Gasteiger partial charge in [0.15, 0.2) is 0 Å². The summed E-state index contributed by atoms with van der Waals surface area (Å²) in [5.41, 5.74) is 6.57. The lowest BCUT2D eigenvalue weighted by molar-refractivity contribution is 0.257. The SMILES string of the molecule is CN(C)C1CCCN(c2cc(N)ccn2)C1. The Morgan fingerprint density at radius 3 is 3.00 bits per heavy atom. The molecule has 0 saturated carbocycles. The number of hydrogen-bond donors (Lipinski definition) is 1. The van der Waals surface area contributed by atoms with Gasteiger partial charge >= 0.3 is 0 Å². The third-order valence-corrected chi connectivity index (χ3v) is 3.22. The molecule has 0 spiro atoms. The van der Waals surface area contributed by atoms with Crippen LogP contribution in [0.15, 0.2) is 18.3 Å². The molecule has 0 radical (unpaired) electrons. The predicted molar refractivity (Wildman–Crippen MR) is 67.6 cm³/mol.